The van der Waals surface area contributed by atoms with E-state index >= 15 is 0 Å². The van der Waals surface area contributed by atoms with E-state index in [1.165, 1.54) is 6.33 Å². The van der Waals surface area contributed by atoms with Gasteiger partial charge in [-0.2, -0.15) is 5.10 Å². The highest BCUT2D eigenvalue weighted by molar-refractivity contribution is 7.91. The number of rotatable bonds is 7. The van der Waals surface area contributed by atoms with Crippen LogP contribution in [0, 0.1) is 0 Å². The summed E-state index contributed by atoms with van der Waals surface area (Å²) in [5.41, 5.74) is 1.89. The van der Waals surface area contributed by atoms with Gasteiger partial charge in [-0.3, -0.25) is 9.89 Å². The number of benzene rings is 1. The van der Waals surface area contributed by atoms with Gasteiger partial charge < -0.3 is 10.1 Å². The Kier molecular flexibility index (Phi) is 4.79. The minimum atomic E-state index is -3.40. The maximum Gasteiger partial charge on any atom is 0.242 e. The fourth-order valence-corrected chi connectivity index (χ4v) is 3.65. The minimum Gasteiger partial charge on any atom is -0.494 e. The highest BCUT2D eigenvalue weighted by atomic mass is 32.2. The van der Waals surface area contributed by atoms with Gasteiger partial charge in [-0.05, 0) is 43.0 Å². The van der Waals surface area contributed by atoms with Gasteiger partial charge in [-0.1, -0.05) is 0 Å². The summed E-state index contributed by atoms with van der Waals surface area (Å²) in [6, 6.07) is 5.55. The average Bonchev–Trinajstić information content (AvgIpc) is 3.10. The van der Waals surface area contributed by atoms with Crippen LogP contribution in [-0.4, -0.2) is 41.9 Å². The number of hydrogen-bond acceptors (Lipinski definition) is 6. The van der Waals surface area contributed by atoms with Crippen LogP contribution in [0.2, 0.25) is 0 Å². The summed E-state index contributed by atoms with van der Waals surface area (Å²) in [6.07, 6.45) is 3.45. The van der Waals surface area contributed by atoms with Crippen molar-refractivity contribution in [1.82, 2.24) is 15.2 Å². The van der Waals surface area contributed by atoms with E-state index in [-0.39, 0.29) is 16.8 Å². The second-order valence-corrected chi connectivity index (χ2v) is 7.56. The van der Waals surface area contributed by atoms with Crippen LogP contribution >= 0.6 is 0 Å². The summed E-state index contributed by atoms with van der Waals surface area (Å²) in [4.78, 5) is 15.0. The van der Waals surface area contributed by atoms with Crippen molar-refractivity contribution in [3.63, 3.8) is 0 Å². The molecule has 1 aliphatic heterocycles. The molecule has 0 saturated carbocycles. The molecule has 1 aromatic heterocycles. The molecule has 0 fully saturated rings. The maximum atomic E-state index is 11.9. The second kappa shape index (κ2) is 7.00. The highest BCUT2D eigenvalue weighted by Crippen LogP contribution is 2.26. The molecule has 24 heavy (non-hydrogen) atoms. The highest BCUT2D eigenvalue weighted by Gasteiger charge is 2.17. The van der Waals surface area contributed by atoms with Gasteiger partial charge in [0.1, 0.15) is 12.1 Å². The van der Waals surface area contributed by atoms with Crippen LogP contribution in [-0.2, 0) is 21.1 Å². The molecule has 3 rings (SSSR count). The van der Waals surface area contributed by atoms with Crippen molar-refractivity contribution in [3.8, 4) is 5.75 Å². The molecule has 0 bridgehead atoms. The first-order valence-electron chi connectivity index (χ1n) is 7.68. The summed E-state index contributed by atoms with van der Waals surface area (Å²) in [5, 5.41) is 8.63. The lowest BCUT2D eigenvalue weighted by atomic mass is 10.0. The van der Waals surface area contributed by atoms with Crippen LogP contribution < -0.4 is 10.1 Å². The molecule has 2 heterocycles. The van der Waals surface area contributed by atoms with Crippen molar-refractivity contribution in [1.29, 1.82) is 0 Å². The molecule has 0 atom stereocenters. The standard InChI is InChI=1S/C15H18N4O4S/c20-14-6-3-11-9-12(4-5-13(11)18-14)23-7-1-2-8-24(21,22)15-16-10-17-19-15/h4-5,9-10H,1-3,6-8H2,(H,18,20)(H,16,17,19). The summed E-state index contributed by atoms with van der Waals surface area (Å²) in [6.45, 7) is 0.428. The van der Waals surface area contributed by atoms with Gasteiger partial charge in [0.2, 0.25) is 20.9 Å². The Balaban J connectivity index is 1.45. The average molecular weight is 350 g/mol. The number of hydrogen-bond donors (Lipinski definition) is 2. The van der Waals surface area contributed by atoms with E-state index in [0.29, 0.717) is 32.3 Å². The van der Waals surface area contributed by atoms with Crippen LogP contribution in [0.1, 0.15) is 24.8 Å². The molecule has 0 spiro atoms. The number of fused-ring (bicyclic) bond motifs is 1. The van der Waals surface area contributed by atoms with E-state index in [1.807, 2.05) is 12.1 Å². The Morgan fingerprint density at radius 2 is 2.08 bits per heavy atom. The number of nitrogens with one attached hydrogen (secondary N) is 2. The van der Waals surface area contributed by atoms with Crippen LogP contribution in [0.5, 0.6) is 5.75 Å². The van der Waals surface area contributed by atoms with Crippen LogP contribution in [0.15, 0.2) is 29.7 Å². The predicted octanol–water partition coefficient (Wildman–Crippen LogP) is 1.32. The number of aryl methyl sites for hydroxylation is 1. The van der Waals surface area contributed by atoms with Gasteiger partial charge in [0, 0.05) is 12.1 Å². The number of H-pyrrole nitrogens is 1. The van der Waals surface area contributed by atoms with Gasteiger partial charge in [0.05, 0.1) is 12.4 Å². The Morgan fingerprint density at radius 3 is 2.88 bits per heavy atom. The Hall–Kier alpha value is -2.42. The van der Waals surface area contributed by atoms with Crippen LogP contribution in [0.25, 0.3) is 0 Å². The third-order valence-corrected chi connectivity index (χ3v) is 5.35. The van der Waals surface area contributed by atoms with Crippen molar-refractivity contribution < 1.29 is 17.9 Å². The Labute approximate surface area is 139 Å². The molecular formula is C15H18N4O4S. The number of aromatic amines is 1. The summed E-state index contributed by atoms with van der Waals surface area (Å²) in [7, 11) is -3.40. The lowest BCUT2D eigenvalue weighted by Gasteiger charge is -2.17. The molecule has 1 amide bonds. The first-order valence-corrected chi connectivity index (χ1v) is 9.33. The smallest absolute Gasteiger partial charge is 0.242 e. The summed E-state index contributed by atoms with van der Waals surface area (Å²) < 4.78 is 29.5. The van der Waals surface area contributed by atoms with Crippen LogP contribution in [0.3, 0.4) is 0 Å². The minimum absolute atomic E-state index is 0.00176. The fraction of sp³-hybridized carbons (Fsp3) is 0.400. The van der Waals surface area contributed by atoms with Crippen molar-refractivity contribution in [2.75, 3.05) is 17.7 Å². The molecule has 2 N–H and O–H groups in total. The number of sulfone groups is 1. The summed E-state index contributed by atoms with van der Waals surface area (Å²) >= 11 is 0. The topological polar surface area (TPSA) is 114 Å². The zero-order valence-corrected chi connectivity index (χ0v) is 13.8. The van der Waals surface area contributed by atoms with Crippen molar-refractivity contribution in [3.05, 3.63) is 30.1 Å². The predicted molar refractivity (Wildman–Crippen MR) is 86.6 cm³/mol. The van der Waals surface area contributed by atoms with E-state index in [2.05, 4.69) is 20.5 Å². The van der Waals surface area contributed by atoms with Gasteiger partial charge >= 0.3 is 0 Å². The number of ether oxygens (including phenoxy) is 1. The maximum absolute atomic E-state index is 11.9. The van der Waals surface area contributed by atoms with Gasteiger partial charge in [-0.15, -0.1) is 0 Å². The van der Waals surface area contributed by atoms with E-state index < -0.39 is 9.84 Å². The molecule has 9 heteroatoms. The lowest BCUT2D eigenvalue weighted by molar-refractivity contribution is -0.116. The first kappa shape index (κ1) is 16.4. The third kappa shape index (κ3) is 3.91. The fourth-order valence-electron chi connectivity index (χ4n) is 2.47. The zero-order chi connectivity index (χ0) is 17.0. The van der Waals surface area contributed by atoms with E-state index in [9.17, 15) is 13.2 Å². The van der Waals surface area contributed by atoms with E-state index in [1.54, 1.807) is 6.07 Å². The number of amides is 1. The molecule has 0 radical (unpaired) electrons. The monoisotopic (exact) mass is 350 g/mol. The first-order chi connectivity index (χ1) is 11.5. The van der Waals surface area contributed by atoms with Crippen molar-refractivity contribution >= 4 is 21.4 Å². The van der Waals surface area contributed by atoms with Crippen molar-refractivity contribution in [2.24, 2.45) is 0 Å². The number of carbonyl (C=O) groups is 1. The summed E-state index contributed by atoms with van der Waals surface area (Å²) in [5.74, 6) is 0.758. The quantitative estimate of drug-likeness (QED) is 0.728. The number of anilines is 1. The Bertz CT molecular complexity index is 818. The normalized spacial score (nSPS) is 14.1. The molecule has 0 unspecified atom stereocenters. The molecule has 1 aromatic carbocycles. The molecule has 1 aliphatic rings. The molecule has 0 aliphatic carbocycles. The van der Waals surface area contributed by atoms with E-state index in [4.69, 9.17) is 4.74 Å². The third-order valence-electron chi connectivity index (χ3n) is 3.74. The number of unbranched alkanes of at least 4 members (excludes halogenated alkanes) is 1. The Morgan fingerprint density at radius 1 is 1.21 bits per heavy atom. The van der Waals surface area contributed by atoms with Gasteiger partial charge in [0.25, 0.3) is 0 Å². The molecule has 0 saturated heterocycles. The zero-order valence-electron chi connectivity index (χ0n) is 13.0. The molecule has 2 aromatic rings. The number of nitrogens with zero attached hydrogens (tertiary/aromatic N) is 2. The van der Waals surface area contributed by atoms with E-state index in [0.717, 1.165) is 17.0 Å². The van der Waals surface area contributed by atoms with Gasteiger partial charge in [0.15, 0.2) is 0 Å². The number of carbonyl (C=O) groups excluding carboxylic acids is 1. The molecule has 128 valence electrons. The second-order valence-electron chi connectivity index (χ2n) is 5.53. The SMILES string of the molecule is O=C1CCc2cc(OCCCCS(=O)(=O)c3ncn[nH]3)ccc2N1. The largest absolute Gasteiger partial charge is 0.494 e. The molecular weight excluding hydrogens is 332 g/mol. The van der Waals surface area contributed by atoms with Gasteiger partial charge in [-0.25, -0.2) is 13.4 Å². The molecule has 8 nitrogen and oxygen atoms in total. The van der Waals surface area contributed by atoms with Crippen LogP contribution in [0.4, 0.5) is 5.69 Å². The van der Waals surface area contributed by atoms with Crippen molar-refractivity contribution in [2.45, 2.75) is 30.8 Å². The number of aromatic nitrogens is 3. The lowest BCUT2D eigenvalue weighted by Crippen LogP contribution is -2.18.